The highest BCUT2D eigenvalue weighted by molar-refractivity contribution is 7.09. The fourth-order valence-corrected chi connectivity index (χ4v) is 3.97. The van der Waals surface area contributed by atoms with Gasteiger partial charge in [-0.1, -0.05) is 85.0 Å². The van der Waals surface area contributed by atoms with Crippen LogP contribution in [-0.4, -0.2) is 4.98 Å². The van der Waals surface area contributed by atoms with E-state index in [1.165, 1.54) is 81.9 Å². The first-order valence-corrected chi connectivity index (χ1v) is 10.00. The van der Waals surface area contributed by atoms with Crippen LogP contribution in [0.25, 0.3) is 0 Å². The topological polar surface area (TPSA) is 12.9 Å². The third-order valence-electron chi connectivity index (χ3n) is 4.69. The molecule has 0 N–H and O–H groups in total. The van der Waals surface area contributed by atoms with Gasteiger partial charge in [-0.05, 0) is 12.8 Å². The van der Waals surface area contributed by atoms with E-state index in [4.69, 9.17) is 0 Å². The van der Waals surface area contributed by atoms with E-state index in [9.17, 15) is 0 Å². The number of unbranched alkanes of at least 4 members (excludes halogenated alkanes) is 8. The standard InChI is InChI=1S/C19H35NS/c1-4-6-8-10-12-14-19(3,18-16-20-17-21-18)15-13-11-9-7-5-2/h16-17H,4-15H2,1-3H3. The molecule has 1 nitrogen and oxygen atoms in total. The minimum atomic E-state index is 0.375. The van der Waals surface area contributed by atoms with E-state index in [0.29, 0.717) is 5.41 Å². The molecule has 21 heavy (non-hydrogen) atoms. The van der Waals surface area contributed by atoms with Crippen LogP contribution in [-0.2, 0) is 5.41 Å². The van der Waals surface area contributed by atoms with E-state index >= 15 is 0 Å². The normalized spacial score (nSPS) is 12.0. The second-order valence-corrected chi connectivity index (χ2v) is 7.64. The van der Waals surface area contributed by atoms with Gasteiger partial charge in [-0.25, -0.2) is 0 Å². The van der Waals surface area contributed by atoms with Gasteiger partial charge in [0.05, 0.1) is 5.51 Å². The summed E-state index contributed by atoms with van der Waals surface area (Å²) in [4.78, 5) is 5.83. The van der Waals surface area contributed by atoms with Gasteiger partial charge in [-0.15, -0.1) is 11.3 Å². The molecule has 0 aliphatic heterocycles. The molecular formula is C19H35NS. The SMILES string of the molecule is CCCCCCCC(C)(CCCCCCC)c1cncs1. The molecule has 0 bridgehead atoms. The molecule has 1 heterocycles. The van der Waals surface area contributed by atoms with Crippen LogP contribution < -0.4 is 0 Å². The first-order valence-electron chi connectivity index (χ1n) is 9.12. The fourth-order valence-electron chi connectivity index (χ4n) is 3.12. The van der Waals surface area contributed by atoms with Crippen LogP contribution in [0.5, 0.6) is 0 Å². The van der Waals surface area contributed by atoms with Gasteiger partial charge in [-0.3, -0.25) is 4.98 Å². The molecule has 0 aliphatic carbocycles. The number of thiazole rings is 1. The molecule has 0 aliphatic rings. The van der Waals surface area contributed by atoms with Crippen molar-refractivity contribution in [3.05, 3.63) is 16.6 Å². The van der Waals surface area contributed by atoms with Crippen molar-refractivity contribution in [1.82, 2.24) is 4.98 Å². The molecule has 0 saturated carbocycles. The van der Waals surface area contributed by atoms with Gasteiger partial charge in [0.1, 0.15) is 0 Å². The summed E-state index contributed by atoms with van der Waals surface area (Å²) >= 11 is 1.86. The second kappa shape index (κ2) is 11.2. The Morgan fingerprint density at radius 1 is 0.857 bits per heavy atom. The quantitative estimate of drug-likeness (QED) is 0.353. The van der Waals surface area contributed by atoms with Crippen LogP contribution in [0.3, 0.4) is 0 Å². The molecule has 0 aromatic carbocycles. The summed E-state index contributed by atoms with van der Waals surface area (Å²) in [7, 11) is 0. The zero-order valence-electron chi connectivity index (χ0n) is 14.5. The zero-order valence-corrected chi connectivity index (χ0v) is 15.3. The van der Waals surface area contributed by atoms with Crippen LogP contribution in [0, 0.1) is 0 Å². The summed E-state index contributed by atoms with van der Waals surface area (Å²) in [6.45, 7) is 7.05. The predicted octanol–water partition coefficient (Wildman–Crippen LogP) is 7.12. The van der Waals surface area contributed by atoms with Gasteiger partial charge in [0.15, 0.2) is 0 Å². The van der Waals surface area contributed by atoms with Crippen LogP contribution in [0.4, 0.5) is 0 Å². The van der Waals surface area contributed by atoms with Gasteiger partial charge < -0.3 is 0 Å². The molecule has 0 fully saturated rings. The van der Waals surface area contributed by atoms with Crippen molar-refractivity contribution < 1.29 is 0 Å². The first-order chi connectivity index (χ1) is 10.2. The van der Waals surface area contributed by atoms with Crippen molar-refractivity contribution >= 4 is 11.3 Å². The highest BCUT2D eigenvalue weighted by Gasteiger charge is 2.27. The molecule has 0 unspecified atom stereocenters. The summed E-state index contributed by atoms with van der Waals surface area (Å²) in [6, 6.07) is 0. The van der Waals surface area contributed by atoms with E-state index in [0.717, 1.165) is 0 Å². The molecule has 0 saturated heterocycles. The average molecular weight is 310 g/mol. The summed E-state index contributed by atoms with van der Waals surface area (Å²) in [6.07, 6.45) is 18.6. The zero-order chi connectivity index (χ0) is 15.4. The summed E-state index contributed by atoms with van der Waals surface area (Å²) in [5, 5.41) is 0. The molecule has 0 atom stereocenters. The second-order valence-electron chi connectivity index (χ2n) is 6.75. The Hall–Kier alpha value is -0.370. The molecule has 0 amide bonds. The van der Waals surface area contributed by atoms with Crippen LogP contribution in [0.1, 0.15) is 103 Å². The maximum atomic E-state index is 4.32. The summed E-state index contributed by atoms with van der Waals surface area (Å²) in [5.41, 5.74) is 2.38. The van der Waals surface area contributed by atoms with E-state index in [-0.39, 0.29) is 0 Å². The van der Waals surface area contributed by atoms with Gasteiger partial charge >= 0.3 is 0 Å². The molecule has 1 aromatic heterocycles. The van der Waals surface area contributed by atoms with E-state index in [1.807, 2.05) is 16.8 Å². The molecule has 0 spiro atoms. The van der Waals surface area contributed by atoms with Crippen LogP contribution in [0.2, 0.25) is 0 Å². The lowest BCUT2D eigenvalue weighted by Crippen LogP contribution is -2.20. The van der Waals surface area contributed by atoms with Gasteiger partial charge in [0.25, 0.3) is 0 Å². The third-order valence-corrected chi connectivity index (χ3v) is 5.77. The largest absolute Gasteiger partial charge is 0.253 e. The Kier molecular flexibility index (Phi) is 9.99. The highest BCUT2D eigenvalue weighted by atomic mass is 32.1. The molecule has 122 valence electrons. The average Bonchev–Trinajstić information content (AvgIpc) is 3.02. The molecular weight excluding hydrogens is 274 g/mol. The smallest absolute Gasteiger partial charge is 0.0794 e. The lowest BCUT2D eigenvalue weighted by Gasteiger charge is -2.28. The number of nitrogens with zero attached hydrogens (tertiary/aromatic N) is 1. The summed E-state index contributed by atoms with van der Waals surface area (Å²) < 4.78 is 0. The Bertz CT molecular complexity index is 317. The lowest BCUT2D eigenvalue weighted by atomic mass is 9.78. The number of aromatic nitrogens is 1. The Labute approximate surface area is 136 Å². The predicted molar refractivity (Wildman–Crippen MR) is 96.2 cm³/mol. The maximum Gasteiger partial charge on any atom is 0.0794 e. The minimum Gasteiger partial charge on any atom is -0.253 e. The number of rotatable bonds is 13. The molecule has 1 aromatic rings. The van der Waals surface area contributed by atoms with Crippen molar-refractivity contribution in [2.45, 2.75) is 103 Å². The van der Waals surface area contributed by atoms with E-state index in [2.05, 4.69) is 32.0 Å². The van der Waals surface area contributed by atoms with Gasteiger partial charge in [0, 0.05) is 16.5 Å². The van der Waals surface area contributed by atoms with Gasteiger partial charge in [0.2, 0.25) is 0 Å². The fraction of sp³-hybridized carbons (Fsp3) is 0.842. The van der Waals surface area contributed by atoms with Crippen LogP contribution >= 0.6 is 11.3 Å². The molecule has 0 radical (unpaired) electrons. The van der Waals surface area contributed by atoms with Crippen molar-refractivity contribution in [2.75, 3.05) is 0 Å². The van der Waals surface area contributed by atoms with E-state index < -0.39 is 0 Å². The maximum absolute atomic E-state index is 4.32. The van der Waals surface area contributed by atoms with E-state index in [1.54, 1.807) is 0 Å². The van der Waals surface area contributed by atoms with Crippen molar-refractivity contribution in [3.8, 4) is 0 Å². The Morgan fingerprint density at radius 2 is 1.38 bits per heavy atom. The third kappa shape index (κ3) is 7.44. The lowest BCUT2D eigenvalue weighted by molar-refractivity contribution is 0.368. The highest BCUT2D eigenvalue weighted by Crippen LogP contribution is 2.37. The molecule has 1 rings (SSSR count). The monoisotopic (exact) mass is 309 g/mol. The summed E-state index contributed by atoms with van der Waals surface area (Å²) in [5.74, 6) is 0. The van der Waals surface area contributed by atoms with Crippen molar-refractivity contribution in [3.63, 3.8) is 0 Å². The first kappa shape index (κ1) is 18.7. The van der Waals surface area contributed by atoms with Crippen molar-refractivity contribution in [2.24, 2.45) is 0 Å². The number of hydrogen-bond donors (Lipinski definition) is 0. The Morgan fingerprint density at radius 3 is 1.81 bits per heavy atom. The number of hydrogen-bond acceptors (Lipinski definition) is 2. The molecule has 2 heteroatoms. The van der Waals surface area contributed by atoms with Gasteiger partial charge in [-0.2, -0.15) is 0 Å². The Balaban J connectivity index is 2.39. The van der Waals surface area contributed by atoms with Crippen LogP contribution in [0.15, 0.2) is 11.7 Å². The van der Waals surface area contributed by atoms with Crippen molar-refractivity contribution in [1.29, 1.82) is 0 Å². The minimum absolute atomic E-state index is 0.375.